The Balaban J connectivity index is 1.78. The van der Waals surface area contributed by atoms with Crippen molar-refractivity contribution < 1.29 is 14.3 Å². The van der Waals surface area contributed by atoms with E-state index in [2.05, 4.69) is 22.6 Å². The zero-order valence-corrected chi connectivity index (χ0v) is 14.8. The maximum atomic E-state index is 12.9. The van der Waals surface area contributed by atoms with Crippen LogP contribution in [0.1, 0.15) is 6.92 Å². The molecular weight excluding hydrogens is 320 g/mol. The lowest BCUT2D eigenvalue weighted by molar-refractivity contribution is -0.129. The van der Waals surface area contributed by atoms with Crippen molar-refractivity contribution in [3.8, 4) is 0 Å². The van der Waals surface area contributed by atoms with Crippen LogP contribution in [-0.2, 0) is 14.3 Å². The number of benzene rings is 1. The van der Waals surface area contributed by atoms with E-state index in [1.807, 2.05) is 30.3 Å². The molecule has 0 spiro atoms. The molecule has 2 aliphatic rings. The topological polar surface area (TPSA) is 73.9 Å². The van der Waals surface area contributed by atoms with Gasteiger partial charge in [-0.2, -0.15) is 0 Å². The monoisotopic (exact) mass is 346 g/mol. The first-order chi connectivity index (χ1) is 12.2. The number of piperidine rings is 1. The standard InChI is InChI=1S/C18H26N4O3/c1-3-21-11-14(17(23)19-9-10-25-2)16-15(12-21)18(24)22(20-16)13-7-5-4-6-8-13/h4-8,14-16,20H,3,9-12H2,1-2H3,(H,19,23). The van der Waals surface area contributed by atoms with Crippen LogP contribution in [0.25, 0.3) is 0 Å². The lowest BCUT2D eigenvalue weighted by atomic mass is 9.84. The number of ether oxygens (including phenoxy) is 1. The van der Waals surface area contributed by atoms with Crippen LogP contribution < -0.4 is 15.8 Å². The Morgan fingerprint density at radius 2 is 2.08 bits per heavy atom. The maximum Gasteiger partial charge on any atom is 0.247 e. The molecule has 1 aromatic rings. The third-order valence-electron chi connectivity index (χ3n) is 5.00. The third kappa shape index (κ3) is 3.68. The van der Waals surface area contributed by atoms with E-state index < -0.39 is 0 Å². The lowest BCUT2D eigenvalue weighted by Crippen LogP contribution is -2.57. The largest absolute Gasteiger partial charge is 0.383 e. The van der Waals surface area contributed by atoms with Crippen LogP contribution in [0.15, 0.2) is 30.3 Å². The Morgan fingerprint density at radius 1 is 1.32 bits per heavy atom. The minimum Gasteiger partial charge on any atom is -0.383 e. The van der Waals surface area contributed by atoms with Gasteiger partial charge in [-0.15, -0.1) is 0 Å². The van der Waals surface area contributed by atoms with Gasteiger partial charge in [0.15, 0.2) is 0 Å². The van der Waals surface area contributed by atoms with Crippen LogP contribution in [0, 0.1) is 11.8 Å². The summed E-state index contributed by atoms with van der Waals surface area (Å²) in [5.74, 6) is -0.482. The van der Waals surface area contributed by atoms with Gasteiger partial charge < -0.3 is 15.0 Å². The molecule has 0 aliphatic carbocycles. The summed E-state index contributed by atoms with van der Waals surface area (Å²) in [6, 6.07) is 9.33. The second-order valence-corrected chi connectivity index (χ2v) is 6.51. The summed E-state index contributed by atoms with van der Waals surface area (Å²) < 4.78 is 5.00. The Labute approximate surface area is 148 Å². The van der Waals surface area contributed by atoms with Gasteiger partial charge in [0.25, 0.3) is 0 Å². The summed E-state index contributed by atoms with van der Waals surface area (Å²) in [5.41, 5.74) is 4.10. The molecular formula is C18H26N4O3. The molecule has 3 unspecified atom stereocenters. The van der Waals surface area contributed by atoms with Crippen molar-refractivity contribution in [2.24, 2.45) is 11.8 Å². The van der Waals surface area contributed by atoms with Gasteiger partial charge in [-0.3, -0.25) is 9.59 Å². The second kappa shape index (κ2) is 7.95. The zero-order valence-electron chi connectivity index (χ0n) is 14.8. The van der Waals surface area contributed by atoms with E-state index in [-0.39, 0.29) is 29.7 Å². The molecule has 25 heavy (non-hydrogen) atoms. The molecule has 7 nitrogen and oxygen atoms in total. The number of amides is 2. The number of hydrogen-bond donors (Lipinski definition) is 2. The van der Waals surface area contributed by atoms with Crippen LogP contribution in [0.4, 0.5) is 5.69 Å². The van der Waals surface area contributed by atoms with Crippen molar-refractivity contribution >= 4 is 17.5 Å². The Hall–Kier alpha value is -1.96. The summed E-state index contributed by atoms with van der Waals surface area (Å²) >= 11 is 0. The summed E-state index contributed by atoms with van der Waals surface area (Å²) in [7, 11) is 1.61. The van der Waals surface area contributed by atoms with Crippen molar-refractivity contribution in [2.75, 3.05) is 44.9 Å². The van der Waals surface area contributed by atoms with E-state index in [0.29, 0.717) is 26.2 Å². The Morgan fingerprint density at radius 3 is 2.76 bits per heavy atom. The number of para-hydroxylation sites is 1. The number of carbonyl (C=O) groups excluding carboxylic acids is 2. The highest BCUT2D eigenvalue weighted by Crippen LogP contribution is 2.31. The molecule has 2 amide bonds. The molecule has 0 aromatic heterocycles. The molecule has 136 valence electrons. The van der Waals surface area contributed by atoms with E-state index in [1.165, 1.54) is 0 Å². The van der Waals surface area contributed by atoms with Gasteiger partial charge in [-0.05, 0) is 18.7 Å². The molecule has 0 bridgehead atoms. The molecule has 7 heteroatoms. The Kier molecular flexibility index (Phi) is 5.67. The van der Waals surface area contributed by atoms with Crippen LogP contribution in [0.5, 0.6) is 0 Å². The maximum absolute atomic E-state index is 12.9. The molecule has 2 aliphatic heterocycles. The van der Waals surface area contributed by atoms with Crippen LogP contribution in [0.2, 0.25) is 0 Å². The molecule has 3 rings (SSSR count). The number of rotatable bonds is 6. The van der Waals surface area contributed by atoms with Gasteiger partial charge in [0.2, 0.25) is 11.8 Å². The van der Waals surface area contributed by atoms with Gasteiger partial charge >= 0.3 is 0 Å². The third-order valence-corrected chi connectivity index (χ3v) is 5.00. The van der Waals surface area contributed by atoms with Crippen molar-refractivity contribution in [3.05, 3.63) is 30.3 Å². The average molecular weight is 346 g/mol. The highest BCUT2D eigenvalue weighted by atomic mass is 16.5. The van der Waals surface area contributed by atoms with Gasteiger partial charge in [0.05, 0.1) is 30.2 Å². The van der Waals surface area contributed by atoms with Gasteiger partial charge in [-0.1, -0.05) is 25.1 Å². The normalized spacial score (nSPS) is 26.6. The average Bonchev–Trinajstić information content (AvgIpc) is 2.98. The van der Waals surface area contributed by atoms with E-state index >= 15 is 0 Å². The fourth-order valence-electron chi connectivity index (χ4n) is 3.62. The van der Waals surface area contributed by atoms with Gasteiger partial charge in [0, 0.05) is 26.7 Å². The lowest BCUT2D eigenvalue weighted by Gasteiger charge is -2.37. The fraction of sp³-hybridized carbons (Fsp3) is 0.556. The molecule has 3 atom stereocenters. The summed E-state index contributed by atoms with van der Waals surface area (Å²) in [4.78, 5) is 27.8. The number of fused-ring (bicyclic) bond motifs is 1. The van der Waals surface area contributed by atoms with E-state index in [1.54, 1.807) is 12.1 Å². The summed E-state index contributed by atoms with van der Waals surface area (Å²) in [5, 5.41) is 4.52. The van der Waals surface area contributed by atoms with Crippen molar-refractivity contribution in [1.29, 1.82) is 0 Å². The van der Waals surface area contributed by atoms with Crippen molar-refractivity contribution in [2.45, 2.75) is 13.0 Å². The van der Waals surface area contributed by atoms with Gasteiger partial charge in [-0.25, -0.2) is 10.4 Å². The molecule has 2 saturated heterocycles. The van der Waals surface area contributed by atoms with Gasteiger partial charge in [0.1, 0.15) is 0 Å². The minimum absolute atomic E-state index is 0.0274. The molecule has 0 radical (unpaired) electrons. The molecule has 2 heterocycles. The smallest absolute Gasteiger partial charge is 0.247 e. The quantitative estimate of drug-likeness (QED) is 0.722. The first-order valence-electron chi connectivity index (χ1n) is 8.80. The first kappa shape index (κ1) is 17.8. The van der Waals surface area contributed by atoms with Crippen molar-refractivity contribution in [1.82, 2.24) is 15.6 Å². The zero-order chi connectivity index (χ0) is 17.8. The highest BCUT2D eigenvalue weighted by molar-refractivity contribution is 5.98. The van der Waals surface area contributed by atoms with Crippen LogP contribution in [-0.4, -0.2) is 62.7 Å². The van der Waals surface area contributed by atoms with Crippen molar-refractivity contribution in [3.63, 3.8) is 0 Å². The van der Waals surface area contributed by atoms with E-state index in [0.717, 1.165) is 12.2 Å². The molecule has 2 fully saturated rings. The molecule has 1 aromatic carbocycles. The second-order valence-electron chi connectivity index (χ2n) is 6.51. The Bertz CT molecular complexity index is 610. The highest BCUT2D eigenvalue weighted by Gasteiger charge is 2.50. The predicted molar refractivity (Wildman–Crippen MR) is 94.8 cm³/mol. The van der Waals surface area contributed by atoms with Crippen LogP contribution in [0.3, 0.4) is 0 Å². The molecule has 0 saturated carbocycles. The number of carbonyl (C=O) groups is 2. The van der Waals surface area contributed by atoms with E-state index in [4.69, 9.17) is 4.74 Å². The number of nitrogens with one attached hydrogen (secondary N) is 2. The molecule has 2 N–H and O–H groups in total. The fourth-order valence-corrected chi connectivity index (χ4v) is 3.62. The SMILES string of the molecule is CCN1CC(C(=O)NCCOC)C2NN(c3ccccc3)C(=O)C2C1. The first-order valence-corrected chi connectivity index (χ1v) is 8.80. The van der Waals surface area contributed by atoms with Crippen LogP contribution >= 0.6 is 0 Å². The number of hydrogen-bond acceptors (Lipinski definition) is 5. The summed E-state index contributed by atoms with van der Waals surface area (Å²) in [6.45, 7) is 5.17. The number of nitrogens with zero attached hydrogens (tertiary/aromatic N) is 2. The number of likely N-dealkylation sites (tertiary alicyclic amines) is 1. The summed E-state index contributed by atoms with van der Waals surface area (Å²) in [6.07, 6.45) is 0. The number of anilines is 1. The number of methoxy groups -OCH3 is 1. The predicted octanol–water partition coefficient (Wildman–Crippen LogP) is 0.237. The minimum atomic E-state index is -0.270. The van der Waals surface area contributed by atoms with E-state index in [9.17, 15) is 9.59 Å². The number of hydrazine groups is 1.